The molecule has 0 radical (unpaired) electrons. The smallest absolute Gasteiger partial charge is 0.318 e. The Bertz CT molecular complexity index is 598. The molecule has 0 atom stereocenters. The lowest BCUT2D eigenvalue weighted by molar-refractivity contribution is -0.143. The van der Waals surface area contributed by atoms with Gasteiger partial charge in [-0.25, -0.2) is 4.98 Å². The number of thiazole rings is 1. The van der Waals surface area contributed by atoms with E-state index in [0.717, 1.165) is 28.1 Å². The van der Waals surface area contributed by atoms with E-state index in [1.54, 1.807) is 11.3 Å². The molecule has 4 heteroatoms. The third-order valence-electron chi connectivity index (χ3n) is 3.28. The van der Waals surface area contributed by atoms with E-state index >= 15 is 0 Å². The first-order valence-electron chi connectivity index (χ1n) is 5.62. The third-order valence-corrected chi connectivity index (χ3v) is 4.50. The molecule has 88 valence electrons. The number of fused-ring (bicyclic) bond motifs is 1. The van der Waals surface area contributed by atoms with Crippen LogP contribution in [-0.4, -0.2) is 18.1 Å². The zero-order valence-electron chi connectivity index (χ0n) is 9.82. The lowest BCUT2D eigenvalue weighted by atomic mass is 10.1. The molecule has 2 aromatic rings. The van der Waals surface area contributed by atoms with Crippen LogP contribution in [0.4, 0.5) is 0 Å². The van der Waals surface area contributed by atoms with E-state index in [9.17, 15) is 4.79 Å². The fourth-order valence-corrected chi connectivity index (χ4v) is 3.36. The van der Waals surface area contributed by atoms with Crippen molar-refractivity contribution in [2.24, 2.45) is 0 Å². The summed E-state index contributed by atoms with van der Waals surface area (Å²) in [7, 11) is 1.44. The molecule has 0 aliphatic heterocycles. The summed E-state index contributed by atoms with van der Waals surface area (Å²) in [4.78, 5) is 16.4. The summed E-state index contributed by atoms with van der Waals surface area (Å²) in [6, 6.07) is 6.17. The minimum atomic E-state index is -0.438. The zero-order chi connectivity index (χ0) is 12.0. The van der Waals surface area contributed by atoms with Crippen molar-refractivity contribution in [3.8, 4) is 0 Å². The predicted molar refractivity (Wildman–Crippen MR) is 67.3 cm³/mol. The topological polar surface area (TPSA) is 39.2 Å². The Kier molecular flexibility index (Phi) is 2.23. The summed E-state index contributed by atoms with van der Waals surface area (Å²) in [6.07, 6.45) is 1.72. The predicted octanol–water partition coefficient (Wildman–Crippen LogP) is 2.81. The fourth-order valence-electron chi connectivity index (χ4n) is 2.06. The van der Waals surface area contributed by atoms with Gasteiger partial charge in [0, 0.05) is 0 Å². The monoisotopic (exact) mass is 247 g/mol. The van der Waals surface area contributed by atoms with Crippen LogP contribution in [0.5, 0.6) is 0 Å². The SMILES string of the molecule is COC(=O)C1(c2nc3ccc(C)cc3s2)CC1. The van der Waals surface area contributed by atoms with Crippen LogP contribution in [0, 0.1) is 6.92 Å². The van der Waals surface area contributed by atoms with E-state index in [1.165, 1.54) is 12.7 Å². The van der Waals surface area contributed by atoms with E-state index < -0.39 is 5.41 Å². The molecular formula is C13H13NO2S. The van der Waals surface area contributed by atoms with Gasteiger partial charge in [-0.3, -0.25) is 4.79 Å². The highest BCUT2D eigenvalue weighted by Crippen LogP contribution is 2.51. The van der Waals surface area contributed by atoms with Crippen LogP contribution < -0.4 is 0 Å². The number of methoxy groups -OCH3 is 1. The molecule has 0 N–H and O–H groups in total. The molecule has 3 rings (SSSR count). The van der Waals surface area contributed by atoms with E-state index in [0.29, 0.717) is 0 Å². The Balaban J connectivity index is 2.10. The summed E-state index contributed by atoms with van der Waals surface area (Å²) in [5.41, 5.74) is 1.76. The minimum Gasteiger partial charge on any atom is -0.468 e. The molecule has 1 aliphatic rings. The summed E-state index contributed by atoms with van der Waals surface area (Å²) < 4.78 is 6.03. The van der Waals surface area contributed by atoms with Crippen LogP contribution in [0.25, 0.3) is 10.2 Å². The number of carbonyl (C=O) groups excluding carboxylic acids is 1. The van der Waals surface area contributed by atoms with Gasteiger partial charge in [0.1, 0.15) is 10.4 Å². The van der Waals surface area contributed by atoms with Crippen molar-refractivity contribution < 1.29 is 9.53 Å². The number of carbonyl (C=O) groups is 1. The number of hydrogen-bond donors (Lipinski definition) is 0. The molecule has 1 heterocycles. The fraction of sp³-hybridized carbons (Fsp3) is 0.385. The highest BCUT2D eigenvalue weighted by molar-refractivity contribution is 7.18. The zero-order valence-corrected chi connectivity index (χ0v) is 10.6. The summed E-state index contributed by atoms with van der Waals surface area (Å²) in [5.74, 6) is -0.145. The Morgan fingerprint density at radius 1 is 1.47 bits per heavy atom. The van der Waals surface area contributed by atoms with Gasteiger partial charge in [-0.15, -0.1) is 11.3 Å². The van der Waals surface area contributed by atoms with Crippen molar-refractivity contribution in [2.75, 3.05) is 7.11 Å². The van der Waals surface area contributed by atoms with Crippen molar-refractivity contribution in [2.45, 2.75) is 25.2 Å². The van der Waals surface area contributed by atoms with Crippen molar-refractivity contribution in [1.82, 2.24) is 4.98 Å². The van der Waals surface area contributed by atoms with Gasteiger partial charge in [-0.1, -0.05) is 6.07 Å². The molecule has 3 nitrogen and oxygen atoms in total. The van der Waals surface area contributed by atoms with E-state index in [-0.39, 0.29) is 5.97 Å². The first-order valence-corrected chi connectivity index (χ1v) is 6.43. The molecular weight excluding hydrogens is 234 g/mol. The number of benzene rings is 1. The van der Waals surface area contributed by atoms with Crippen LogP contribution in [0.1, 0.15) is 23.4 Å². The summed E-state index contributed by atoms with van der Waals surface area (Å²) in [5, 5.41) is 0.907. The van der Waals surface area contributed by atoms with Crippen LogP contribution in [0.3, 0.4) is 0 Å². The van der Waals surface area contributed by atoms with Gasteiger partial charge < -0.3 is 4.74 Å². The first kappa shape index (κ1) is 10.7. The maximum atomic E-state index is 11.8. The molecule has 0 bridgehead atoms. The lowest BCUT2D eigenvalue weighted by Crippen LogP contribution is -2.21. The quantitative estimate of drug-likeness (QED) is 0.766. The highest BCUT2D eigenvalue weighted by atomic mass is 32.1. The highest BCUT2D eigenvalue weighted by Gasteiger charge is 2.55. The average molecular weight is 247 g/mol. The molecule has 1 aromatic carbocycles. The van der Waals surface area contributed by atoms with Crippen LogP contribution >= 0.6 is 11.3 Å². The number of rotatable bonds is 2. The Morgan fingerprint density at radius 2 is 2.24 bits per heavy atom. The Morgan fingerprint density at radius 3 is 2.88 bits per heavy atom. The van der Waals surface area contributed by atoms with Gasteiger partial charge in [0.25, 0.3) is 0 Å². The van der Waals surface area contributed by atoms with Crippen molar-refractivity contribution in [3.05, 3.63) is 28.8 Å². The van der Waals surface area contributed by atoms with Crippen molar-refractivity contribution >= 4 is 27.5 Å². The molecule has 0 amide bonds. The number of hydrogen-bond acceptors (Lipinski definition) is 4. The summed E-state index contributed by atoms with van der Waals surface area (Å²) in [6.45, 7) is 2.06. The van der Waals surface area contributed by atoms with Gasteiger partial charge in [0.05, 0.1) is 17.3 Å². The second-order valence-electron chi connectivity index (χ2n) is 4.56. The number of ether oxygens (including phenoxy) is 1. The summed E-state index contributed by atoms with van der Waals surface area (Å²) >= 11 is 1.61. The second kappa shape index (κ2) is 3.53. The van der Waals surface area contributed by atoms with Crippen LogP contribution in [0.2, 0.25) is 0 Å². The second-order valence-corrected chi connectivity index (χ2v) is 5.59. The Labute approximate surface area is 103 Å². The molecule has 0 unspecified atom stereocenters. The van der Waals surface area contributed by atoms with E-state index in [1.807, 2.05) is 12.1 Å². The molecule has 1 fully saturated rings. The molecule has 17 heavy (non-hydrogen) atoms. The first-order chi connectivity index (χ1) is 8.15. The van der Waals surface area contributed by atoms with E-state index in [2.05, 4.69) is 18.0 Å². The standard InChI is InChI=1S/C13H13NO2S/c1-8-3-4-9-10(7-8)17-11(14-9)13(5-6-13)12(15)16-2/h3-4,7H,5-6H2,1-2H3. The molecule has 0 spiro atoms. The molecule has 1 aliphatic carbocycles. The van der Waals surface area contributed by atoms with Crippen molar-refractivity contribution in [3.63, 3.8) is 0 Å². The third kappa shape index (κ3) is 1.55. The van der Waals surface area contributed by atoms with Crippen LogP contribution in [0.15, 0.2) is 18.2 Å². The minimum absolute atomic E-state index is 0.145. The lowest BCUT2D eigenvalue weighted by Gasteiger charge is -2.07. The maximum Gasteiger partial charge on any atom is 0.318 e. The number of aryl methyl sites for hydroxylation is 1. The average Bonchev–Trinajstić information content (AvgIpc) is 3.03. The van der Waals surface area contributed by atoms with Gasteiger partial charge in [-0.2, -0.15) is 0 Å². The number of nitrogens with zero attached hydrogens (tertiary/aromatic N) is 1. The molecule has 0 saturated heterocycles. The van der Waals surface area contributed by atoms with Gasteiger partial charge >= 0.3 is 5.97 Å². The molecule has 1 saturated carbocycles. The van der Waals surface area contributed by atoms with Gasteiger partial charge in [-0.05, 0) is 37.5 Å². The maximum absolute atomic E-state index is 11.8. The number of esters is 1. The Hall–Kier alpha value is -1.42. The van der Waals surface area contributed by atoms with Crippen LogP contribution in [-0.2, 0) is 14.9 Å². The number of aromatic nitrogens is 1. The van der Waals surface area contributed by atoms with Gasteiger partial charge in [0.15, 0.2) is 0 Å². The molecule has 1 aromatic heterocycles. The van der Waals surface area contributed by atoms with Crippen molar-refractivity contribution in [1.29, 1.82) is 0 Å². The largest absolute Gasteiger partial charge is 0.468 e. The normalized spacial score (nSPS) is 17.1. The van der Waals surface area contributed by atoms with Gasteiger partial charge in [0.2, 0.25) is 0 Å². The van der Waals surface area contributed by atoms with E-state index in [4.69, 9.17) is 4.74 Å².